The fourth-order valence-corrected chi connectivity index (χ4v) is 4.62. The lowest BCUT2D eigenvalue weighted by molar-refractivity contribution is 0.280. The van der Waals surface area contributed by atoms with Gasteiger partial charge < -0.3 is 5.11 Å². The van der Waals surface area contributed by atoms with Gasteiger partial charge >= 0.3 is 0 Å². The number of aliphatic hydroxyl groups excluding tert-OH is 1. The molecular formula is C15H22FNO3S. The van der Waals surface area contributed by atoms with Crippen LogP contribution >= 0.6 is 0 Å². The van der Waals surface area contributed by atoms with Gasteiger partial charge in [-0.2, -0.15) is 0 Å². The molecule has 6 heteroatoms. The molecule has 0 bridgehead atoms. The molecule has 118 valence electrons. The first kappa shape index (κ1) is 16.4. The molecule has 0 saturated heterocycles. The number of halogens is 1. The molecule has 0 amide bonds. The average molecular weight is 315 g/mol. The minimum Gasteiger partial charge on any atom is -0.392 e. The summed E-state index contributed by atoms with van der Waals surface area (Å²) in [6, 6.07) is 2.35. The molecule has 1 unspecified atom stereocenters. The molecule has 2 rings (SSSR count). The van der Waals surface area contributed by atoms with Crippen molar-refractivity contribution in [2.75, 3.05) is 0 Å². The monoisotopic (exact) mass is 315 g/mol. The van der Waals surface area contributed by atoms with E-state index in [1.54, 1.807) is 0 Å². The van der Waals surface area contributed by atoms with E-state index in [2.05, 4.69) is 4.72 Å². The van der Waals surface area contributed by atoms with Crippen LogP contribution in [0.3, 0.4) is 0 Å². The molecule has 1 aliphatic rings. The number of rotatable bonds is 4. The lowest BCUT2D eigenvalue weighted by Crippen LogP contribution is -2.41. The van der Waals surface area contributed by atoms with Gasteiger partial charge in [0.05, 0.1) is 11.5 Å². The third-order valence-electron chi connectivity index (χ3n) is 4.38. The molecule has 0 aromatic heterocycles. The van der Waals surface area contributed by atoms with Crippen LogP contribution in [0.1, 0.15) is 44.2 Å². The Bertz CT molecular complexity index is 641. The Hall–Kier alpha value is -0.980. The molecule has 21 heavy (non-hydrogen) atoms. The molecule has 0 aliphatic heterocycles. The van der Waals surface area contributed by atoms with Gasteiger partial charge in [0.2, 0.25) is 10.0 Å². The lowest BCUT2D eigenvalue weighted by Gasteiger charge is -2.28. The van der Waals surface area contributed by atoms with E-state index in [4.69, 9.17) is 5.11 Å². The van der Waals surface area contributed by atoms with Gasteiger partial charge in [0.15, 0.2) is 0 Å². The van der Waals surface area contributed by atoms with Gasteiger partial charge in [0, 0.05) is 11.6 Å². The quantitative estimate of drug-likeness (QED) is 0.897. The second-order valence-electron chi connectivity index (χ2n) is 6.41. The van der Waals surface area contributed by atoms with E-state index < -0.39 is 22.4 Å². The number of benzene rings is 1. The highest BCUT2D eigenvalue weighted by Gasteiger charge is 2.37. The average Bonchev–Trinajstić information content (AvgIpc) is 2.71. The minimum atomic E-state index is -3.80. The van der Waals surface area contributed by atoms with E-state index in [0.717, 1.165) is 25.3 Å². The van der Waals surface area contributed by atoms with Gasteiger partial charge in [0.1, 0.15) is 5.82 Å². The highest BCUT2D eigenvalue weighted by atomic mass is 32.2. The number of sulfonamides is 1. The first-order chi connectivity index (χ1) is 9.67. The Kier molecular flexibility index (Phi) is 4.42. The van der Waals surface area contributed by atoms with Crippen LogP contribution in [0.2, 0.25) is 0 Å². The van der Waals surface area contributed by atoms with Crippen molar-refractivity contribution in [2.24, 2.45) is 5.41 Å². The normalized spacial score (nSPS) is 21.7. The van der Waals surface area contributed by atoms with Crippen molar-refractivity contribution in [2.45, 2.75) is 57.6 Å². The van der Waals surface area contributed by atoms with Crippen molar-refractivity contribution in [1.29, 1.82) is 0 Å². The molecule has 0 heterocycles. The molecule has 1 saturated carbocycles. The molecule has 0 spiro atoms. The van der Waals surface area contributed by atoms with Crippen LogP contribution in [0.15, 0.2) is 17.0 Å². The van der Waals surface area contributed by atoms with Crippen LogP contribution in [0.5, 0.6) is 0 Å². The number of hydrogen-bond acceptors (Lipinski definition) is 3. The molecule has 1 aliphatic carbocycles. The first-order valence-corrected chi connectivity index (χ1v) is 8.58. The van der Waals surface area contributed by atoms with Crippen molar-refractivity contribution >= 4 is 10.0 Å². The van der Waals surface area contributed by atoms with Crippen molar-refractivity contribution in [3.05, 3.63) is 29.1 Å². The fourth-order valence-electron chi connectivity index (χ4n) is 2.87. The van der Waals surface area contributed by atoms with Gasteiger partial charge in [-0.05, 0) is 42.9 Å². The standard InChI is InChI=1S/C15H22FNO3S/c1-10-12(16)7-11(9-18)8-13(10)21(19,20)17-14-5-4-6-15(14,2)3/h7-8,14,17-18H,4-6,9H2,1-3H3. The lowest BCUT2D eigenvalue weighted by atomic mass is 9.88. The third-order valence-corrected chi connectivity index (χ3v) is 5.98. The Morgan fingerprint density at radius 1 is 1.43 bits per heavy atom. The van der Waals surface area contributed by atoms with Crippen LogP contribution in [0.25, 0.3) is 0 Å². The summed E-state index contributed by atoms with van der Waals surface area (Å²) in [6.07, 6.45) is 2.72. The number of hydrogen-bond donors (Lipinski definition) is 2. The second kappa shape index (κ2) is 5.66. The largest absolute Gasteiger partial charge is 0.392 e. The van der Waals surface area contributed by atoms with Gasteiger partial charge in [-0.1, -0.05) is 20.3 Å². The van der Waals surface area contributed by atoms with Crippen molar-refractivity contribution in [3.8, 4) is 0 Å². The van der Waals surface area contributed by atoms with E-state index in [0.29, 0.717) is 0 Å². The molecule has 1 aromatic carbocycles. The summed E-state index contributed by atoms with van der Waals surface area (Å²) in [5.41, 5.74) is 0.230. The smallest absolute Gasteiger partial charge is 0.241 e. The second-order valence-corrected chi connectivity index (χ2v) is 8.10. The van der Waals surface area contributed by atoms with Gasteiger partial charge in [-0.25, -0.2) is 17.5 Å². The zero-order valence-electron chi connectivity index (χ0n) is 12.6. The summed E-state index contributed by atoms with van der Waals surface area (Å²) in [4.78, 5) is -0.0887. The maximum atomic E-state index is 13.8. The molecule has 4 nitrogen and oxygen atoms in total. The maximum absolute atomic E-state index is 13.8. The Morgan fingerprint density at radius 3 is 2.62 bits per heavy atom. The summed E-state index contributed by atoms with van der Waals surface area (Å²) in [5, 5.41) is 9.13. The van der Waals surface area contributed by atoms with E-state index in [1.165, 1.54) is 13.0 Å². The molecule has 0 radical (unpaired) electrons. The molecule has 1 aromatic rings. The minimum absolute atomic E-state index is 0.0792. The molecule has 1 fully saturated rings. The fraction of sp³-hybridized carbons (Fsp3) is 0.600. The third kappa shape index (κ3) is 3.27. The SMILES string of the molecule is Cc1c(F)cc(CO)cc1S(=O)(=O)NC1CCCC1(C)C. The van der Waals surface area contributed by atoms with E-state index in [-0.39, 0.29) is 27.5 Å². The Balaban J connectivity index is 2.38. The first-order valence-electron chi connectivity index (χ1n) is 7.09. The predicted octanol–water partition coefficient (Wildman–Crippen LogP) is 2.48. The topological polar surface area (TPSA) is 66.4 Å². The molecule has 2 N–H and O–H groups in total. The van der Waals surface area contributed by atoms with Gasteiger partial charge in [-0.3, -0.25) is 0 Å². The van der Waals surface area contributed by atoms with Crippen LogP contribution in [0.4, 0.5) is 4.39 Å². The van der Waals surface area contributed by atoms with Crippen LogP contribution in [-0.4, -0.2) is 19.6 Å². The predicted molar refractivity (Wildman–Crippen MR) is 78.8 cm³/mol. The summed E-state index contributed by atoms with van der Waals surface area (Å²) in [7, 11) is -3.80. The van der Waals surface area contributed by atoms with Crippen molar-refractivity contribution < 1.29 is 17.9 Å². The van der Waals surface area contributed by atoms with Crippen molar-refractivity contribution in [1.82, 2.24) is 4.72 Å². The van der Waals surface area contributed by atoms with Gasteiger partial charge in [0.25, 0.3) is 0 Å². The summed E-state index contributed by atoms with van der Waals surface area (Å²) in [6.45, 7) is 5.11. The Morgan fingerprint density at radius 2 is 2.10 bits per heavy atom. The summed E-state index contributed by atoms with van der Waals surface area (Å²) < 4.78 is 41.6. The maximum Gasteiger partial charge on any atom is 0.241 e. The highest BCUT2D eigenvalue weighted by Crippen LogP contribution is 2.38. The highest BCUT2D eigenvalue weighted by molar-refractivity contribution is 7.89. The van der Waals surface area contributed by atoms with Gasteiger partial charge in [-0.15, -0.1) is 0 Å². The van der Waals surface area contributed by atoms with E-state index >= 15 is 0 Å². The van der Waals surface area contributed by atoms with Crippen LogP contribution in [0, 0.1) is 18.2 Å². The zero-order chi connectivity index (χ0) is 15.8. The van der Waals surface area contributed by atoms with E-state index in [9.17, 15) is 12.8 Å². The van der Waals surface area contributed by atoms with Crippen LogP contribution in [-0.2, 0) is 16.6 Å². The number of nitrogens with one attached hydrogen (secondary N) is 1. The van der Waals surface area contributed by atoms with Crippen LogP contribution < -0.4 is 4.72 Å². The van der Waals surface area contributed by atoms with E-state index in [1.807, 2.05) is 13.8 Å². The Labute approximate surface area is 125 Å². The zero-order valence-corrected chi connectivity index (χ0v) is 13.4. The molecule has 1 atom stereocenters. The van der Waals surface area contributed by atoms with Crippen molar-refractivity contribution in [3.63, 3.8) is 0 Å². The summed E-state index contributed by atoms with van der Waals surface area (Å²) in [5.74, 6) is -0.618. The molecular weight excluding hydrogens is 293 g/mol. The summed E-state index contributed by atoms with van der Waals surface area (Å²) >= 11 is 0. The number of aliphatic hydroxyl groups is 1.